The van der Waals surface area contributed by atoms with E-state index in [1.54, 1.807) is 32.1 Å². The van der Waals surface area contributed by atoms with Crippen LogP contribution in [0.3, 0.4) is 0 Å². The Hall–Kier alpha value is -3.03. The Kier molecular flexibility index (Phi) is 11.0. The molecule has 0 spiro atoms. The number of amides is 2. The average Bonchev–Trinajstić information content (AvgIpc) is 3.35. The van der Waals surface area contributed by atoms with Gasteiger partial charge in [-0.3, -0.25) is 14.4 Å². The number of fused-ring (bicyclic) bond motifs is 1. The van der Waals surface area contributed by atoms with E-state index in [1.807, 2.05) is 18.2 Å². The second kappa shape index (κ2) is 14.2. The first-order valence-electron chi connectivity index (χ1n) is 14.1. The van der Waals surface area contributed by atoms with E-state index in [4.69, 9.17) is 14.2 Å². The molecule has 2 atom stereocenters. The number of nitrogens with one attached hydrogen (secondary N) is 1. The van der Waals surface area contributed by atoms with Crippen LogP contribution < -0.4 is 14.8 Å². The fraction of sp³-hybridized carbons (Fsp3) is 0.633. The smallest absolute Gasteiger partial charge is 0.318 e. The summed E-state index contributed by atoms with van der Waals surface area (Å²) in [4.78, 5) is 41.7. The number of hydrogen-bond acceptors (Lipinski definition) is 6. The van der Waals surface area contributed by atoms with Gasteiger partial charge in [0.2, 0.25) is 11.8 Å². The fourth-order valence-electron chi connectivity index (χ4n) is 5.69. The molecule has 8 heteroatoms. The molecular formula is C30H44N2O6. The van der Waals surface area contributed by atoms with Gasteiger partial charge in [-0.25, -0.2) is 0 Å². The Labute approximate surface area is 227 Å². The van der Waals surface area contributed by atoms with Gasteiger partial charge in [0.1, 0.15) is 5.41 Å². The molecule has 38 heavy (non-hydrogen) atoms. The first kappa shape index (κ1) is 29.5. The monoisotopic (exact) mass is 528 g/mol. The minimum Gasteiger partial charge on any atom is -0.493 e. The highest BCUT2D eigenvalue weighted by Gasteiger charge is 2.55. The van der Waals surface area contributed by atoms with Crippen LogP contribution in [0.15, 0.2) is 30.0 Å². The summed E-state index contributed by atoms with van der Waals surface area (Å²) in [6, 6.07) is 5.47. The fourth-order valence-corrected chi connectivity index (χ4v) is 5.69. The van der Waals surface area contributed by atoms with E-state index in [0.717, 1.165) is 36.9 Å². The van der Waals surface area contributed by atoms with Crippen molar-refractivity contribution in [1.82, 2.24) is 10.2 Å². The van der Waals surface area contributed by atoms with Gasteiger partial charge in [-0.2, -0.15) is 0 Å². The summed E-state index contributed by atoms with van der Waals surface area (Å²) in [6.07, 6.45) is 10.4. The molecule has 8 nitrogen and oxygen atoms in total. The Morgan fingerprint density at radius 3 is 2.50 bits per heavy atom. The van der Waals surface area contributed by atoms with Crippen molar-refractivity contribution in [1.29, 1.82) is 0 Å². The van der Waals surface area contributed by atoms with Gasteiger partial charge in [0.25, 0.3) is 0 Å². The maximum absolute atomic E-state index is 13.6. The van der Waals surface area contributed by atoms with E-state index in [2.05, 4.69) is 12.2 Å². The van der Waals surface area contributed by atoms with Crippen molar-refractivity contribution in [3.63, 3.8) is 0 Å². The molecule has 0 unspecified atom stereocenters. The largest absolute Gasteiger partial charge is 0.493 e. The number of hydrogen-bond donors (Lipinski definition) is 1. The second-order valence-corrected chi connectivity index (χ2v) is 10.3. The van der Waals surface area contributed by atoms with Crippen molar-refractivity contribution < 1.29 is 28.6 Å². The van der Waals surface area contributed by atoms with E-state index >= 15 is 0 Å². The second-order valence-electron chi connectivity index (χ2n) is 10.3. The van der Waals surface area contributed by atoms with Crippen LogP contribution >= 0.6 is 0 Å². The Morgan fingerprint density at radius 2 is 1.79 bits per heavy atom. The van der Waals surface area contributed by atoms with E-state index in [-0.39, 0.29) is 30.8 Å². The first-order valence-corrected chi connectivity index (χ1v) is 14.1. The van der Waals surface area contributed by atoms with Crippen molar-refractivity contribution >= 4 is 17.8 Å². The van der Waals surface area contributed by atoms with Crippen molar-refractivity contribution in [3.05, 3.63) is 35.5 Å². The van der Waals surface area contributed by atoms with Crippen LogP contribution in [-0.2, 0) is 25.7 Å². The van der Waals surface area contributed by atoms with Gasteiger partial charge in [-0.05, 0) is 50.3 Å². The molecule has 3 rings (SSSR count). The summed E-state index contributed by atoms with van der Waals surface area (Å²) in [5, 5.41) is 2.93. The molecule has 1 N–H and O–H groups in total. The normalized spacial score (nSPS) is 20.5. The van der Waals surface area contributed by atoms with Gasteiger partial charge in [-0.1, -0.05) is 51.2 Å². The molecule has 2 aliphatic rings. The number of methoxy groups -OCH3 is 2. The summed E-state index contributed by atoms with van der Waals surface area (Å²) in [6.45, 7) is 5.15. The number of ether oxygens (including phenoxy) is 3. The van der Waals surface area contributed by atoms with Gasteiger partial charge in [-0.15, -0.1) is 0 Å². The first-order chi connectivity index (χ1) is 18.4. The third kappa shape index (κ3) is 6.88. The van der Waals surface area contributed by atoms with Crippen LogP contribution in [0.25, 0.3) is 0 Å². The van der Waals surface area contributed by atoms with Crippen molar-refractivity contribution in [2.75, 3.05) is 27.4 Å². The van der Waals surface area contributed by atoms with E-state index in [1.165, 1.54) is 19.3 Å². The van der Waals surface area contributed by atoms with Crippen LogP contribution in [0.2, 0.25) is 0 Å². The van der Waals surface area contributed by atoms with Gasteiger partial charge < -0.3 is 24.4 Å². The van der Waals surface area contributed by atoms with E-state index < -0.39 is 11.3 Å². The lowest BCUT2D eigenvalue weighted by Crippen LogP contribution is -2.52. The Morgan fingerprint density at radius 1 is 1.05 bits per heavy atom. The maximum atomic E-state index is 13.6. The SMILES string of the molecule is CCCCCCCCN1C(=O)[C@H](CC(=O)NCc2ccc(OC)c(OC)c2)C[C@@]2(C(=O)OCC)CCC=C12. The lowest BCUT2D eigenvalue weighted by molar-refractivity contribution is -0.160. The average molecular weight is 529 g/mol. The number of esters is 1. The van der Waals surface area contributed by atoms with Gasteiger partial charge >= 0.3 is 5.97 Å². The summed E-state index contributed by atoms with van der Waals surface area (Å²) in [7, 11) is 3.14. The highest BCUT2D eigenvalue weighted by Crippen LogP contribution is 2.51. The van der Waals surface area contributed by atoms with Crippen molar-refractivity contribution in [2.45, 2.75) is 84.6 Å². The zero-order valence-electron chi connectivity index (χ0n) is 23.5. The molecule has 1 aromatic rings. The van der Waals surface area contributed by atoms with Crippen LogP contribution in [0.4, 0.5) is 0 Å². The predicted molar refractivity (Wildman–Crippen MR) is 146 cm³/mol. The summed E-state index contributed by atoms with van der Waals surface area (Å²) in [5.74, 6) is 0.0737. The summed E-state index contributed by atoms with van der Waals surface area (Å²) < 4.78 is 16.1. The highest BCUT2D eigenvalue weighted by molar-refractivity contribution is 5.92. The molecule has 1 aliphatic carbocycles. The lowest BCUT2D eigenvalue weighted by Gasteiger charge is -2.44. The molecule has 2 amide bonds. The molecule has 1 heterocycles. The van der Waals surface area contributed by atoms with Crippen molar-refractivity contribution in [2.24, 2.45) is 11.3 Å². The minimum absolute atomic E-state index is 0.0353. The maximum Gasteiger partial charge on any atom is 0.318 e. The zero-order chi connectivity index (χ0) is 27.5. The number of nitrogens with zero attached hydrogens (tertiary/aromatic N) is 1. The van der Waals surface area contributed by atoms with Crippen molar-refractivity contribution in [3.8, 4) is 11.5 Å². The molecule has 1 aliphatic heterocycles. The summed E-state index contributed by atoms with van der Waals surface area (Å²) >= 11 is 0. The predicted octanol–water partition coefficient (Wildman–Crippen LogP) is 5.15. The summed E-state index contributed by atoms with van der Waals surface area (Å²) in [5.41, 5.74) is 0.802. The molecule has 1 fully saturated rings. The van der Waals surface area contributed by atoms with Crippen LogP contribution in [0.5, 0.6) is 11.5 Å². The number of piperidine rings is 1. The Balaban J connectivity index is 1.70. The Bertz CT molecular complexity index is 1010. The molecule has 1 saturated heterocycles. The molecule has 0 saturated carbocycles. The van der Waals surface area contributed by atoms with Gasteiger partial charge in [0, 0.05) is 31.1 Å². The number of rotatable bonds is 15. The molecule has 1 aromatic carbocycles. The molecule has 0 bridgehead atoms. The number of carbonyl (C=O) groups is 3. The minimum atomic E-state index is -0.847. The van der Waals surface area contributed by atoms with Crippen LogP contribution in [0, 0.1) is 11.3 Å². The van der Waals surface area contributed by atoms with Crippen LogP contribution in [0.1, 0.15) is 83.6 Å². The molecule has 210 valence electrons. The van der Waals surface area contributed by atoms with E-state index in [0.29, 0.717) is 37.4 Å². The number of allylic oxidation sites excluding steroid dienone is 1. The van der Waals surface area contributed by atoms with Gasteiger partial charge in [0.15, 0.2) is 11.5 Å². The molecular weight excluding hydrogens is 484 g/mol. The number of unbranched alkanes of at least 4 members (excludes halogenated alkanes) is 5. The number of benzene rings is 1. The highest BCUT2D eigenvalue weighted by atomic mass is 16.5. The third-order valence-electron chi connectivity index (χ3n) is 7.67. The number of carbonyl (C=O) groups excluding carboxylic acids is 3. The third-order valence-corrected chi connectivity index (χ3v) is 7.67. The quantitative estimate of drug-likeness (QED) is 0.250. The lowest BCUT2D eigenvalue weighted by atomic mass is 9.71. The van der Waals surface area contributed by atoms with E-state index in [9.17, 15) is 14.4 Å². The van der Waals surface area contributed by atoms with Gasteiger partial charge in [0.05, 0.1) is 20.8 Å². The molecule has 0 aromatic heterocycles. The number of likely N-dealkylation sites (tertiary alicyclic amines) is 1. The zero-order valence-corrected chi connectivity index (χ0v) is 23.5. The topological polar surface area (TPSA) is 94.2 Å². The standard InChI is InChI=1S/C30H44N2O6/c1-5-7-8-9-10-11-17-32-26-13-12-16-30(26,29(35)38-6-2)20-23(28(32)34)19-27(33)31-21-22-14-15-24(36-3)25(18-22)37-4/h13-15,18,23H,5-12,16-17,19-21H2,1-4H3,(H,31,33)/t23-,30+/m1/s1. The molecule has 0 radical (unpaired) electrons. The van der Waals surface area contributed by atoms with Crippen LogP contribution in [-0.4, -0.2) is 50.1 Å².